The summed E-state index contributed by atoms with van der Waals surface area (Å²) in [5.41, 5.74) is 2.41. The highest BCUT2D eigenvalue weighted by Gasteiger charge is 2.45. The van der Waals surface area contributed by atoms with Crippen LogP contribution >= 0.6 is 11.3 Å². The number of rotatable bonds is 3. The number of hydrogen-bond acceptors (Lipinski definition) is 6. The summed E-state index contributed by atoms with van der Waals surface area (Å²) in [6, 6.07) is 8.52. The fraction of sp³-hybridized carbons (Fsp3) is 0.500. The Morgan fingerprint density at radius 1 is 1.20 bits per heavy atom. The van der Waals surface area contributed by atoms with Gasteiger partial charge in [-0.1, -0.05) is 24.3 Å². The van der Waals surface area contributed by atoms with E-state index in [2.05, 4.69) is 33.8 Å². The topological polar surface area (TPSA) is 53.5 Å². The molecule has 1 aromatic carbocycles. The lowest BCUT2D eigenvalue weighted by Gasteiger charge is -2.42. The molecule has 5 nitrogen and oxygen atoms in total. The maximum atomic E-state index is 12.1. The van der Waals surface area contributed by atoms with Crippen molar-refractivity contribution in [3.8, 4) is 10.6 Å². The fourth-order valence-corrected chi connectivity index (χ4v) is 7.03. The minimum Gasteiger partial charge on any atom is -0.300 e. The predicted molar refractivity (Wildman–Crippen MR) is 102 cm³/mol. The Bertz CT molecular complexity index is 878. The first-order valence-corrected chi connectivity index (χ1v) is 11.2. The Hall–Kier alpha value is -1.28. The number of fused-ring (bicyclic) bond motifs is 1. The molecule has 0 spiro atoms. The third-order valence-corrected chi connectivity index (χ3v) is 8.07. The Morgan fingerprint density at radius 2 is 1.96 bits per heavy atom. The third-order valence-electron chi connectivity index (χ3n) is 5.36. The van der Waals surface area contributed by atoms with Gasteiger partial charge in [-0.3, -0.25) is 9.80 Å². The van der Waals surface area contributed by atoms with Gasteiger partial charge in [0.1, 0.15) is 5.01 Å². The Labute approximate surface area is 153 Å². The number of likely N-dealkylation sites (N-methyl/N-ethyl adjacent to an activating group) is 1. The van der Waals surface area contributed by atoms with Gasteiger partial charge >= 0.3 is 0 Å². The van der Waals surface area contributed by atoms with Crippen molar-refractivity contribution >= 4 is 21.2 Å². The monoisotopic (exact) mass is 377 g/mol. The van der Waals surface area contributed by atoms with E-state index in [9.17, 15) is 8.42 Å². The SMILES string of the molecule is Cc1ccccc1-c1ncc(CN2CCN(C)[C@@H]3CS(=O)(=O)C[C@@H]32)s1. The van der Waals surface area contributed by atoms with Crippen molar-refractivity contribution in [1.82, 2.24) is 14.8 Å². The van der Waals surface area contributed by atoms with Crippen LogP contribution in [-0.4, -0.2) is 66.9 Å². The van der Waals surface area contributed by atoms with Crippen molar-refractivity contribution < 1.29 is 8.42 Å². The van der Waals surface area contributed by atoms with Gasteiger partial charge in [-0.25, -0.2) is 13.4 Å². The van der Waals surface area contributed by atoms with E-state index in [1.807, 2.05) is 25.4 Å². The van der Waals surface area contributed by atoms with Gasteiger partial charge < -0.3 is 0 Å². The number of sulfone groups is 1. The van der Waals surface area contributed by atoms with Crippen molar-refractivity contribution in [2.45, 2.75) is 25.6 Å². The number of piperazine rings is 1. The number of hydrogen-bond donors (Lipinski definition) is 0. The van der Waals surface area contributed by atoms with Crippen LogP contribution in [0.3, 0.4) is 0 Å². The molecule has 0 saturated carbocycles. The highest BCUT2D eigenvalue weighted by molar-refractivity contribution is 7.91. The summed E-state index contributed by atoms with van der Waals surface area (Å²) in [5.74, 6) is 0.577. The van der Waals surface area contributed by atoms with Gasteiger partial charge in [-0.15, -0.1) is 11.3 Å². The molecular weight excluding hydrogens is 354 g/mol. The molecule has 0 amide bonds. The van der Waals surface area contributed by atoms with Crippen LogP contribution in [0, 0.1) is 6.92 Å². The lowest BCUT2D eigenvalue weighted by molar-refractivity contribution is 0.0580. The molecule has 134 valence electrons. The summed E-state index contributed by atoms with van der Waals surface area (Å²) in [6.45, 7) is 4.71. The lowest BCUT2D eigenvalue weighted by Crippen LogP contribution is -2.57. The summed E-state index contributed by atoms with van der Waals surface area (Å²) >= 11 is 1.71. The molecule has 0 unspecified atom stereocenters. The van der Waals surface area contributed by atoms with Gasteiger partial charge in [0.2, 0.25) is 0 Å². The van der Waals surface area contributed by atoms with Gasteiger partial charge in [0.15, 0.2) is 9.84 Å². The number of benzene rings is 1. The van der Waals surface area contributed by atoms with Gasteiger partial charge in [0.25, 0.3) is 0 Å². The minimum absolute atomic E-state index is 0.104. The van der Waals surface area contributed by atoms with E-state index in [0.717, 1.165) is 24.6 Å². The maximum absolute atomic E-state index is 12.1. The molecule has 2 aliphatic rings. The van der Waals surface area contributed by atoms with Crippen LogP contribution < -0.4 is 0 Å². The zero-order chi connectivity index (χ0) is 17.6. The van der Waals surface area contributed by atoms with Crippen LogP contribution in [0.4, 0.5) is 0 Å². The second kappa shape index (κ2) is 6.46. The number of aromatic nitrogens is 1. The zero-order valence-electron chi connectivity index (χ0n) is 14.6. The molecule has 3 heterocycles. The van der Waals surface area contributed by atoms with Crippen molar-refractivity contribution in [1.29, 1.82) is 0 Å². The number of aryl methyl sites for hydroxylation is 1. The van der Waals surface area contributed by atoms with Crippen LogP contribution in [0.1, 0.15) is 10.4 Å². The molecule has 0 radical (unpaired) electrons. The summed E-state index contributed by atoms with van der Waals surface area (Å²) in [4.78, 5) is 10.3. The van der Waals surface area contributed by atoms with Crippen molar-refractivity contribution in [3.05, 3.63) is 40.9 Å². The minimum atomic E-state index is -2.93. The van der Waals surface area contributed by atoms with Gasteiger partial charge in [-0.2, -0.15) is 0 Å². The smallest absolute Gasteiger partial charge is 0.153 e. The molecular formula is C18H23N3O2S2. The molecule has 2 fully saturated rings. The van der Waals surface area contributed by atoms with E-state index in [1.54, 1.807) is 11.3 Å². The molecule has 0 aliphatic carbocycles. The molecule has 25 heavy (non-hydrogen) atoms. The van der Waals surface area contributed by atoms with E-state index in [0.29, 0.717) is 5.75 Å². The van der Waals surface area contributed by atoms with E-state index in [-0.39, 0.29) is 17.8 Å². The van der Waals surface area contributed by atoms with Crippen molar-refractivity contribution in [2.24, 2.45) is 0 Å². The first-order valence-electron chi connectivity index (χ1n) is 8.58. The Kier molecular flexibility index (Phi) is 4.43. The zero-order valence-corrected chi connectivity index (χ0v) is 16.2. The maximum Gasteiger partial charge on any atom is 0.153 e. The van der Waals surface area contributed by atoms with Crippen molar-refractivity contribution in [3.63, 3.8) is 0 Å². The van der Waals surface area contributed by atoms with Crippen LogP contribution in [0.5, 0.6) is 0 Å². The van der Waals surface area contributed by atoms with E-state index in [4.69, 9.17) is 0 Å². The van der Waals surface area contributed by atoms with Crippen molar-refractivity contribution in [2.75, 3.05) is 31.6 Å². The average Bonchev–Trinajstić information content (AvgIpc) is 3.15. The molecule has 2 atom stereocenters. The summed E-state index contributed by atoms with van der Waals surface area (Å²) < 4.78 is 24.2. The first-order chi connectivity index (χ1) is 11.9. The second-order valence-corrected chi connectivity index (χ2v) is 10.4. The highest BCUT2D eigenvalue weighted by atomic mass is 32.2. The first kappa shape index (κ1) is 17.1. The fourth-order valence-electron chi connectivity index (χ4n) is 3.91. The van der Waals surface area contributed by atoms with E-state index >= 15 is 0 Å². The summed E-state index contributed by atoms with van der Waals surface area (Å²) in [6.07, 6.45) is 1.95. The van der Waals surface area contributed by atoms with Gasteiger partial charge in [0.05, 0.1) is 11.5 Å². The van der Waals surface area contributed by atoms with E-state index < -0.39 is 9.84 Å². The van der Waals surface area contributed by atoms with Crippen LogP contribution in [0.25, 0.3) is 10.6 Å². The van der Waals surface area contributed by atoms with Crippen LogP contribution in [0.15, 0.2) is 30.5 Å². The molecule has 7 heteroatoms. The lowest BCUT2D eigenvalue weighted by atomic mass is 10.1. The Balaban J connectivity index is 1.54. The van der Waals surface area contributed by atoms with Crippen LogP contribution in [0.2, 0.25) is 0 Å². The van der Waals surface area contributed by atoms with Gasteiger partial charge in [-0.05, 0) is 19.5 Å². The summed E-state index contributed by atoms with van der Waals surface area (Å²) in [5, 5.41) is 1.04. The molecule has 2 aromatic rings. The number of nitrogens with zero attached hydrogens (tertiary/aromatic N) is 3. The summed E-state index contributed by atoms with van der Waals surface area (Å²) in [7, 11) is -0.885. The molecule has 2 saturated heterocycles. The largest absolute Gasteiger partial charge is 0.300 e. The van der Waals surface area contributed by atoms with Gasteiger partial charge in [0, 0.05) is 48.4 Å². The third kappa shape index (κ3) is 3.38. The second-order valence-electron chi connectivity index (χ2n) is 7.11. The molecule has 0 bridgehead atoms. The average molecular weight is 378 g/mol. The molecule has 4 rings (SSSR count). The normalized spacial score (nSPS) is 26.6. The predicted octanol–water partition coefficient (Wildman–Crippen LogP) is 2.03. The standard InChI is InChI=1S/C18H23N3O2S2/c1-13-5-3-4-6-15(13)18-19-9-14(24-18)10-21-8-7-20(2)16-11-25(22,23)12-17(16)21/h3-6,9,16-17H,7-8,10-12H2,1-2H3/t16-,17+/m1/s1. The Morgan fingerprint density at radius 3 is 2.76 bits per heavy atom. The molecule has 0 N–H and O–H groups in total. The molecule has 2 aliphatic heterocycles. The highest BCUT2D eigenvalue weighted by Crippen LogP contribution is 2.31. The van der Waals surface area contributed by atoms with Crippen LogP contribution in [-0.2, 0) is 16.4 Å². The molecule has 1 aromatic heterocycles. The quantitative estimate of drug-likeness (QED) is 0.819. The van der Waals surface area contributed by atoms with E-state index in [1.165, 1.54) is 16.0 Å². The number of thiazole rings is 1.